The van der Waals surface area contributed by atoms with Crippen LogP contribution in [-0.4, -0.2) is 6.15 Å². The summed E-state index contributed by atoms with van der Waals surface area (Å²) in [4.78, 5) is 0. The number of benzene rings is 5. The van der Waals surface area contributed by atoms with Crippen molar-refractivity contribution in [2.45, 2.75) is 0 Å². The van der Waals surface area contributed by atoms with Crippen molar-refractivity contribution in [3.05, 3.63) is 151 Å². The number of halogens is 4. The lowest BCUT2D eigenvalue weighted by Gasteiger charge is -2.44. The summed E-state index contributed by atoms with van der Waals surface area (Å²) < 4.78 is 54.8. The minimum absolute atomic E-state index is 0.393. The summed E-state index contributed by atoms with van der Waals surface area (Å²) in [7, 11) is 0. The van der Waals surface area contributed by atoms with E-state index in [-0.39, 0.29) is 0 Å². The lowest BCUT2D eigenvalue weighted by molar-refractivity contribution is -0.254. The van der Waals surface area contributed by atoms with Gasteiger partial charge in [-0.15, -0.1) is 0 Å². The zero-order chi connectivity index (χ0) is 25.5. The molecule has 36 heavy (non-hydrogen) atoms. The summed E-state index contributed by atoms with van der Waals surface area (Å²) in [5.74, 6) is -1.57. The normalized spacial score (nSPS) is 10.9. The molecule has 0 radical (unpaired) electrons. The van der Waals surface area contributed by atoms with Crippen LogP contribution >= 0.6 is 0 Å². The van der Waals surface area contributed by atoms with E-state index in [1.165, 1.54) is 48.5 Å². The number of hydrogen-bond donors (Lipinski definition) is 1. The molecular formula is C30H24BF4N. The third-order valence-corrected chi connectivity index (χ3v) is 6.32. The van der Waals surface area contributed by atoms with Crippen LogP contribution in [0.5, 0.6) is 0 Å². The van der Waals surface area contributed by atoms with E-state index >= 15 is 0 Å². The van der Waals surface area contributed by atoms with Crippen LogP contribution in [0.3, 0.4) is 0 Å². The van der Waals surface area contributed by atoms with Crippen LogP contribution in [0.25, 0.3) is 0 Å². The monoisotopic (exact) mass is 485 g/mol. The van der Waals surface area contributed by atoms with Crippen LogP contribution in [-0.2, 0) is 0 Å². The Balaban J connectivity index is 0.000000375. The smallest absolute Gasteiger partial charge is 0.127 e. The Kier molecular flexibility index (Phi) is 7.66. The second-order valence-electron chi connectivity index (χ2n) is 8.56. The van der Waals surface area contributed by atoms with Crippen LogP contribution in [0.2, 0.25) is 0 Å². The molecule has 0 saturated carbocycles. The van der Waals surface area contributed by atoms with Gasteiger partial charge in [-0.05, 0) is 60.7 Å². The van der Waals surface area contributed by atoms with E-state index in [2.05, 4.69) is 5.73 Å². The Hall–Kier alpha value is -4.16. The third-order valence-electron chi connectivity index (χ3n) is 6.32. The highest BCUT2D eigenvalue weighted by molar-refractivity contribution is 7.19. The number of quaternary nitrogens is 1. The lowest BCUT2D eigenvalue weighted by Crippen LogP contribution is -2.74. The van der Waals surface area contributed by atoms with Gasteiger partial charge < -0.3 is 5.73 Å². The molecule has 0 aromatic heterocycles. The van der Waals surface area contributed by atoms with Crippen molar-refractivity contribution in [3.63, 3.8) is 0 Å². The minimum Gasteiger partial charge on any atom is -0.325 e. The van der Waals surface area contributed by atoms with Crippen molar-refractivity contribution in [2.75, 3.05) is 0 Å². The Labute approximate surface area is 207 Å². The molecule has 180 valence electrons. The molecular weight excluding hydrogens is 461 g/mol. The third kappa shape index (κ3) is 5.39. The standard InChI is InChI=1S/C24H16BF4.C6H7N/c26-21-9-1-17(2-10-21)25(18-3-11-22(27)12-4-18,19-5-13-23(28)14-6-19)20-7-15-24(29)16-8-20;7-6-4-2-1-3-5-6/h1-16H;1-5H,7H2/q-1;/p+1. The maximum Gasteiger partial charge on any atom is 0.127 e. The topological polar surface area (TPSA) is 27.6 Å². The highest BCUT2D eigenvalue weighted by atomic mass is 19.1. The summed E-state index contributed by atoms with van der Waals surface area (Å²) in [5.41, 5.74) is 7.78. The Morgan fingerprint density at radius 3 is 0.806 bits per heavy atom. The molecule has 0 aliphatic rings. The fourth-order valence-corrected chi connectivity index (χ4v) is 4.64. The molecule has 0 heterocycles. The van der Waals surface area contributed by atoms with Gasteiger partial charge in [-0.1, -0.05) is 66.7 Å². The van der Waals surface area contributed by atoms with Crippen molar-refractivity contribution in [1.82, 2.24) is 0 Å². The summed E-state index contributed by atoms with van der Waals surface area (Å²) in [5, 5.41) is 0. The van der Waals surface area contributed by atoms with Gasteiger partial charge in [0.05, 0.1) is 0 Å². The van der Waals surface area contributed by atoms with Crippen molar-refractivity contribution < 1.29 is 23.3 Å². The summed E-state index contributed by atoms with van der Waals surface area (Å²) in [6.45, 7) is 0. The van der Waals surface area contributed by atoms with E-state index in [4.69, 9.17) is 0 Å². The second kappa shape index (κ2) is 11.1. The Bertz CT molecular complexity index is 1200. The molecule has 0 amide bonds. The average Bonchev–Trinajstić information content (AvgIpc) is 2.89. The van der Waals surface area contributed by atoms with E-state index in [0.29, 0.717) is 0 Å². The fourth-order valence-electron chi connectivity index (χ4n) is 4.64. The predicted molar refractivity (Wildman–Crippen MR) is 139 cm³/mol. The van der Waals surface area contributed by atoms with Crippen LogP contribution < -0.4 is 27.6 Å². The van der Waals surface area contributed by atoms with Gasteiger partial charge in [0.25, 0.3) is 0 Å². The largest absolute Gasteiger partial charge is 0.325 e. The van der Waals surface area contributed by atoms with Crippen molar-refractivity contribution in [3.8, 4) is 0 Å². The summed E-state index contributed by atoms with van der Waals surface area (Å²) >= 11 is 0. The number of hydrogen-bond acceptors (Lipinski definition) is 0. The van der Waals surface area contributed by atoms with E-state index in [9.17, 15) is 17.6 Å². The van der Waals surface area contributed by atoms with Gasteiger partial charge >= 0.3 is 0 Å². The summed E-state index contributed by atoms with van der Waals surface area (Å²) in [6.07, 6.45) is -1.94. The molecule has 0 fully saturated rings. The van der Waals surface area contributed by atoms with Crippen molar-refractivity contribution >= 4 is 33.7 Å². The van der Waals surface area contributed by atoms with Gasteiger partial charge in [0.1, 0.15) is 35.1 Å². The molecule has 1 nitrogen and oxygen atoms in total. The molecule has 0 aliphatic heterocycles. The zero-order valence-corrected chi connectivity index (χ0v) is 19.4. The lowest BCUT2D eigenvalue weighted by atomic mass is 9.13. The summed E-state index contributed by atoms with van der Waals surface area (Å²) in [6, 6.07) is 33.9. The van der Waals surface area contributed by atoms with Gasteiger partial charge in [-0.25, -0.2) is 17.6 Å². The molecule has 0 aliphatic carbocycles. The van der Waals surface area contributed by atoms with Gasteiger partial charge in [0, 0.05) is 0 Å². The quantitative estimate of drug-likeness (QED) is 0.292. The van der Waals surface area contributed by atoms with E-state index in [1.807, 2.05) is 30.3 Å². The van der Waals surface area contributed by atoms with Crippen molar-refractivity contribution in [1.29, 1.82) is 0 Å². The van der Waals surface area contributed by atoms with E-state index < -0.39 is 29.4 Å². The number of rotatable bonds is 4. The molecule has 5 rings (SSSR count). The first-order valence-corrected chi connectivity index (χ1v) is 11.5. The minimum atomic E-state index is -1.94. The molecule has 0 spiro atoms. The molecule has 0 atom stereocenters. The highest BCUT2D eigenvalue weighted by Crippen LogP contribution is 2.12. The van der Waals surface area contributed by atoms with E-state index in [0.717, 1.165) is 27.5 Å². The average molecular weight is 485 g/mol. The first kappa shape index (κ1) is 25.0. The Morgan fingerprint density at radius 1 is 0.361 bits per heavy atom. The van der Waals surface area contributed by atoms with Gasteiger partial charge in [-0.3, -0.25) is 0 Å². The predicted octanol–water partition coefficient (Wildman–Crippen LogP) is 4.18. The molecule has 0 saturated heterocycles. The van der Waals surface area contributed by atoms with Crippen molar-refractivity contribution in [2.24, 2.45) is 0 Å². The van der Waals surface area contributed by atoms with Crippen LogP contribution in [0.15, 0.2) is 127 Å². The first-order valence-electron chi connectivity index (χ1n) is 11.5. The molecule has 5 aromatic rings. The van der Waals surface area contributed by atoms with Gasteiger partial charge in [0.15, 0.2) is 0 Å². The van der Waals surface area contributed by atoms with Crippen LogP contribution in [0.4, 0.5) is 23.2 Å². The molecule has 6 heteroatoms. The second-order valence-corrected chi connectivity index (χ2v) is 8.56. The van der Waals surface area contributed by atoms with Gasteiger partial charge in [-0.2, -0.15) is 21.9 Å². The first-order chi connectivity index (χ1) is 17.4. The maximum absolute atomic E-state index is 13.7. The van der Waals surface area contributed by atoms with Gasteiger partial charge in [0.2, 0.25) is 0 Å². The molecule has 0 bridgehead atoms. The van der Waals surface area contributed by atoms with E-state index in [1.54, 1.807) is 48.5 Å². The molecule has 3 N–H and O–H groups in total. The fraction of sp³-hybridized carbons (Fsp3) is 0. The maximum atomic E-state index is 13.7. The Morgan fingerprint density at radius 2 is 0.611 bits per heavy atom. The SMILES string of the molecule is Fc1ccc([B-](c2ccc(F)cc2)(c2ccc(F)cc2)c2ccc(F)cc2)cc1.[NH3+]c1ccccc1. The van der Waals surface area contributed by atoms with Crippen LogP contribution in [0, 0.1) is 23.3 Å². The molecule has 5 aromatic carbocycles. The molecule has 0 unspecified atom stereocenters. The highest BCUT2D eigenvalue weighted by Gasteiger charge is 2.31. The zero-order valence-electron chi connectivity index (χ0n) is 19.4. The van der Waals surface area contributed by atoms with Crippen LogP contribution in [0.1, 0.15) is 0 Å².